The number of rotatable bonds is 2. The summed E-state index contributed by atoms with van der Waals surface area (Å²) in [7, 11) is 0. The molecule has 2 saturated heterocycles. The molecule has 1 amide bonds. The van der Waals surface area contributed by atoms with Gasteiger partial charge in [0, 0.05) is 25.0 Å². The largest absolute Gasteiger partial charge is 0.342 e. The van der Waals surface area contributed by atoms with Gasteiger partial charge in [0.15, 0.2) is 0 Å². The average molecular weight is 278 g/mol. The molecule has 1 N–H and O–H groups in total. The maximum Gasteiger partial charge on any atom is 0.226 e. The Morgan fingerprint density at radius 2 is 1.65 bits per heavy atom. The summed E-state index contributed by atoms with van der Waals surface area (Å²) in [6.45, 7) is 12.1. The van der Waals surface area contributed by atoms with Crippen LogP contribution >= 0.6 is 0 Å². The smallest absolute Gasteiger partial charge is 0.226 e. The molecule has 1 aliphatic carbocycles. The lowest BCUT2D eigenvalue weighted by Gasteiger charge is -2.35. The summed E-state index contributed by atoms with van der Waals surface area (Å²) < 4.78 is 0. The van der Waals surface area contributed by atoms with Gasteiger partial charge < -0.3 is 10.2 Å². The van der Waals surface area contributed by atoms with Gasteiger partial charge in [-0.1, -0.05) is 27.7 Å². The lowest BCUT2D eigenvalue weighted by molar-refractivity contribution is -0.135. The van der Waals surface area contributed by atoms with Crippen molar-refractivity contribution < 1.29 is 4.79 Å². The number of nitrogens with zero attached hydrogens (tertiary/aromatic N) is 1. The summed E-state index contributed by atoms with van der Waals surface area (Å²) in [6, 6.07) is 0.723. The van der Waals surface area contributed by atoms with Crippen molar-refractivity contribution in [2.24, 2.45) is 22.7 Å². The van der Waals surface area contributed by atoms with E-state index in [4.69, 9.17) is 0 Å². The van der Waals surface area contributed by atoms with Crippen LogP contribution in [0.3, 0.4) is 0 Å². The highest BCUT2D eigenvalue weighted by atomic mass is 16.2. The van der Waals surface area contributed by atoms with E-state index in [2.05, 4.69) is 37.9 Å². The Hall–Kier alpha value is -0.570. The fraction of sp³-hybridized carbons (Fsp3) is 0.941. The molecule has 0 radical (unpaired) electrons. The molecule has 3 heteroatoms. The Morgan fingerprint density at radius 3 is 2.10 bits per heavy atom. The molecule has 3 nitrogen and oxygen atoms in total. The highest BCUT2D eigenvalue weighted by Gasteiger charge is 2.68. The predicted octanol–water partition coefficient (Wildman–Crippen LogP) is 2.66. The monoisotopic (exact) mass is 278 g/mol. The van der Waals surface area contributed by atoms with E-state index in [9.17, 15) is 4.79 Å². The zero-order valence-electron chi connectivity index (χ0n) is 13.5. The third kappa shape index (κ3) is 2.09. The first-order valence-corrected chi connectivity index (χ1v) is 8.38. The van der Waals surface area contributed by atoms with Crippen molar-refractivity contribution in [3.8, 4) is 0 Å². The third-order valence-electron chi connectivity index (χ3n) is 6.79. The van der Waals surface area contributed by atoms with Crippen LogP contribution < -0.4 is 5.32 Å². The lowest BCUT2D eigenvalue weighted by atomic mass is 9.88. The minimum absolute atomic E-state index is 0.175. The highest BCUT2D eigenvalue weighted by molar-refractivity contribution is 5.84. The van der Waals surface area contributed by atoms with Gasteiger partial charge in [0.2, 0.25) is 5.91 Å². The topological polar surface area (TPSA) is 32.3 Å². The highest BCUT2D eigenvalue weighted by Crippen LogP contribution is 2.68. The maximum absolute atomic E-state index is 12.7. The molecule has 20 heavy (non-hydrogen) atoms. The molecule has 1 atom stereocenters. The first-order valence-electron chi connectivity index (χ1n) is 8.38. The quantitative estimate of drug-likeness (QED) is 0.842. The van der Waals surface area contributed by atoms with Crippen LogP contribution in [-0.4, -0.2) is 36.5 Å². The summed E-state index contributed by atoms with van der Waals surface area (Å²) in [5.74, 6) is 1.44. The molecule has 3 rings (SSSR count). The van der Waals surface area contributed by atoms with Crippen LogP contribution in [0.5, 0.6) is 0 Å². The van der Waals surface area contributed by atoms with Gasteiger partial charge in [-0.3, -0.25) is 4.79 Å². The van der Waals surface area contributed by atoms with Gasteiger partial charge in [-0.2, -0.15) is 0 Å². The Kier molecular flexibility index (Phi) is 3.39. The van der Waals surface area contributed by atoms with Gasteiger partial charge in [0.25, 0.3) is 0 Å². The van der Waals surface area contributed by atoms with Crippen molar-refractivity contribution in [2.75, 3.05) is 19.6 Å². The van der Waals surface area contributed by atoms with Gasteiger partial charge in [-0.05, 0) is 49.0 Å². The molecule has 0 bridgehead atoms. The zero-order valence-corrected chi connectivity index (χ0v) is 13.5. The van der Waals surface area contributed by atoms with E-state index in [1.54, 1.807) is 0 Å². The molecule has 3 aliphatic rings. The maximum atomic E-state index is 12.7. The van der Waals surface area contributed by atoms with E-state index in [1.165, 1.54) is 32.2 Å². The number of hydrogen-bond donors (Lipinski definition) is 1. The number of likely N-dealkylation sites (tertiary alicyclic amines) is 1. The van der Waals surface area contributed by atoms with Gasteiger partial charge >= 0.3 is 0 Å². The molecule has 3 fully saturated rings. The summed E-state index contributed by atoms with van der Waals surface area (Å²) in [6.07, 6.45) is 5.05. The number of amides is 1. The third-order valence-corrected chi connectivity index (χ3v) is 6.79. The van der Waals surface area contributed by atoms with Gasteiger partial charge in [-0.25, -0.2) is 0 Å². The number of carbonyl (C=O) groups excluding carboxylic acids is 1. The van der Waals surface area contributed by atoms with Crippen LogP contribution in [0.25, 0.3) is 0 Å². The van der Waals surface area contributed by atoms with Crippen LogP contribution in [0, 0.1) is 22.7 Å². The molecular formula is C17H30N2O. The van der Waals surface area contributed by atoms with Crippen LogP contribution in [-0.2, 0) is 4.79 Å². The van der Waals surface area contributed by atoms with Crippen molar-refractivity contribution in [1.82, 2.24) is 10.2 Å². The molecule has 1 unspecified atom stereocenters. The molecule has 0 aromatic heterocycles. The second-order valence-electron chi connectivity index (χ2n) is 8.24. The van der Waals surface area contributed by atoms with Crippen molar-refractivity contribution >= 4 is 5.91 Å². The van der Waals surface area contributed by atoms with E-state index in [0.717, 1.165) is 25.0 Å². The fourth-order valence-corrected chi connectivity index (χ4v) is 4.63. The first-order chi connectivity index (χ1) is 9.35. The Morgan fingerprint density at radius 1 is 1.05 bits per heavy atom. The van der Waals surface area contributed by atoms with Gasteiger partial charge in [0.1, 0.15) is 0 Å². The minimum atomic E-state index is 0.175. The Bertz CT molecular complexity index is 374. The molecule has 114 valence electrons. The number of hydrogen-bond acceptors (Lipinski definition) is 2. The second-order valence-corrected chi connectivity index (χ2v) is 8.24. The molecule has 0 aromatic carbocycles. The summed E-state index contributed by atoms with van der Waals surface area (Å²) in [4.78, 5) is 14.9. The van der Waals surface area contributed by atoms with E-state index < -0.39 is 0 Å². The normalized spacial score (nSPS) is 33.4. The van der Waals surface area contributed by atoms with Crippen molar-refractivity contribution in [2.45, 2.75) is 59.4 Å². The number of nitrogens with one attached hydrogen (secondary N) is 1. The second kappa shape index (κ2) is 4.72. The zero-order chi connectivity index (χ0) is 14.5. The van der Waals surface area contributed by atoms with E-state index in [1.807, 2.05) is 0 Å². The van der Waals surface area contributed by atoms with E-state index >= 15 is 0 Å². The molecule has 1 saturated carbocycles. The summed E-state index contributed by atoms with van der Waals surface area (Å²) >= 11 is 0. The number of piperidine rings is 1. The number of carbonyl (C=O) groups is 1. The molecule has 2 aliphatic heterocycles. The van der Waals surface area contributed by atoms with Crippen molar-refractivity contribution in [1.29, 1.82) is 0 Å². The fourth-order valence-electron chi connectivity index (χ4n) is 4.63. The van der Waals surface area contributed by atoms with Crippen LogP contribution in [0.15, 0.2) is 0 Å². The Balaban J connectivity index is 1.55. The standard InChI is InChI=1S/C17H30N2O/c1-16(2)14(17(16,3)4)15(20)19-10-7-12(8-11-19)13-6-5-9-18-13/h12-14,18H,5-11H2,1-4H3. The minimum Gasteiger partial charge on any atom is -0.342 e. The average Bonchev–Trinajstić information content (AvgIpc) is 2.82. The van der Waals surface area contributed by atoms with Gasteiger partial charge in [-0.15, -0.1) is 0 Å². The predicted molar refractivity (Wildman–Crippen MR) is 81.4 cm³/mol. The van der Waals surface area contributed by atoms with Crippen LogP contribution in [0.4, 0.5) is 0 Å². The molecule has 2 heterocycles. The molecule has 0 aromatic rings. The van der Waals surface area contributed by atoms with Gasteiger partial charge in [0.05, 0.1) is 0 Å². The van der Waals surface area contributed by atoms with E-state index in [-0.39, 0.29) is 16.7 Å². The SMILES string of the molecule is CC1(C)C(C(=O)N2CCC(C3CCCN3)CC2)C1(C)C. The van der Waals surface area contributed by atoms with Crippen molar-refractivity contribution in [3.05, 3.63) is 0 Å². The molecular weight excluding hydrogens is 248 g/mol. The Labute approximate surface area is 123 Å². The van der Waals surface area contributed by atoms with Crippen molar-refractivity contribution in [3.63, 3.8) is 0 Å². The summed E-state index contributed by atoms with van der Waals surface area (Å²) in [5.41, 5.74) is 0.349. The van der Waals surface area contributed by atoms with Crippen LogP contribution in [0.1, 0.15) is 53.4 Å². The molecule has 0 spiro atoms. The van der Waals surface area contributed by atoms with E-state index in [0.29, 0.717) is 5.91 Å². The summed E-state index contributed by atoms with van der Waals surface area (Å²) in [5, 5.41) is 3.63. The first kappa shape index (κ1) is 14.4. The lowest BCUT2D eigenvalue weighted by Crippen LogP contribution is -2.44. The van der Waals surface area contributed by atoms with Crippen LogP contribution in [0.2, 0.25) is 0 Å².